The van der Waals surface area contributed by atoms with Gasteiger partial charge < -0.3 is 9.88 Å². The van der Waals surface area contributed by atoms with Crippen LogP contribution in [0.3, 0.4) is 0 Å². The summed E-state index contributed by atoms with van der Waals surface area (Å²) >= 11 is 0. The number of aromatic nitrogens is 1. The normalized spacial score (nSPS) is 14.0. The van der Waals surface area contributed by atoms with Crippen molar-refractivity contribution >= 4 is 0 Å². The van der Waals surface area contributed by atoms with Gasteiger partial charge in [-0.2, -0.15) is 0 Å². The SMILES string of the molecule is CC(c1ccc[nH]1)N(C)C. The maximum Gasteiger partial charge on any atom is 0.0464 e. The van der Waals surface area contributed by atoms with Crippen LogP contribution >= 0.6 is 0 Å². The zero-order valence-corrected chi connectivity index (χ0v) is 6.76. The van der Waals surface area contributed by atoms with Crippen LogP contribution < -0.4 is 0 Å². The molecule has 0 radical (unpaired) electrons. The van der Waals surface area contributed by atoms with E-state index in [1.54, 1.807) is 0 Å². The first-order chi connectivity index (χ1) is 4.72. The van der Waals surface area contributed by atoms with Crippen molar-refractivity contribution in [3.05, 3.63) is 24.0 Å². The van der Waals surface area contributed by atoms with Gasteiger partial charge in [-0.05, 0) is 33.2 Å². The van der Waals surface area contributed by atoms with Gasteiger partial charge in [-0.3, -0.25) is 0 Å². The minimum absolute atomic E-state index is 0.481. The minimum atomic E-state index is 0.481. The summed E-state index contributed by atoms with van der Waals surface area (Å²) in [6.45, 7) is 2.17. The Morgan fingerprint density at radius 2 is 2.20 bits per heavy atom. The molecule has 2 nitrogen and oxygen atoms in total. The molecule has 1 atom stereocenters. The third-order valence-corrected chi connectivity index (χ3v) is 1.85. The highest BCUT2D eigenvalue weighted by atomic mass is 15.1. The van der Waals surface area contributed by atoms with Crippen LogP contribution in [-0.2, 0) is 0 Å². The van der Waals surface area contributed by atoms with E-state index in [2.05, 4.69) is 37.0 Å². The second-order valence-corrected chi connectivity index (χ2v) is 2.77. The van der Waals surface area contributed by atoms with Crippen LogP contribution in [0.2, 0.25) is 0 Å². The van der Waals surface area contributed by atoms with Crippen molar-refractivity contribution in [1.29, 1.82) is 0 Å². The average molecular weight is 138 g/mol. The van der Waals surface area contributed by atoms with Crippen LogP contribution in [0.1, 0.15) is 18.7 Å². The first-order valence-corrected chi connectivity index (χ1v) is 3.51. The molecule has 0 spiro atoms. The summed E-state index contributed by atoms with van der Waals surface area (Å²) in [6.07, 6.45) is 1.95. The fourth-order valence-corrected chi connectivity index (χ4v) is 0.882. The standard InChI is InChI=1S/C8H14N2/c1-7(10(2)3)8-5-4-6-9-8/h4-7,9H,1-3H3. The van der Waals surface area contributed by atoms with Crippen molar-refractivity contribution in [2.24, 2.45) is 0 Å². The molecule has 0 saturated heterocycles. The molecule has 10 heavy (non-hydrogen) atoms. The van der Waals surface area contributed by atoms with Gasteiger partial charge in [0.2, 0.25) is 0 Å². The Bertz CT molecular complexity index is 177. The van der Waals surface area contributed by atoms with E-state index in [1.165, 1.54) is 5.69 Å². The summed E-state index contributed by atoms with van der Waals surface area (Å²) < 4.78 is 0. The first-order valence-electron chi connectivity index (χ1n) is 3.51. The van der Waals surface area contributed by atoms with E-state index in [0.717, 1.165) is 0 Å². The van der Waals surface area contributed by atoms with Crippen LogP contribution in [0, 0.1) is 0 Å². The highest BCUT2D eigenvalue weighted by molar-refractivity contribution is 5.07. The van der Waals surface area contributed by atoms with Gasteiger partial charge in [-0.15, -0.1) is 0 Å². The van der Waals surface area contributed by atoms with E-state index < -0.39 is 0 Å². The molecular weight excluding hydrogens is 124 g/mol. The monoisotopic (exact) mass is 138 g/mol. The minimum Gasteiger partial charge on any atom is -0.364 e. The molecule has 2 heteroatoms. The lowest BCUT2D eigenvalue weighted by Crippen LogP contribution is -2.16. The fraction of sp³-hybridized carbons (Fsp3) is 0.500. The highest BCUT2D eigenvalue weighted by Gasteiger charge is 2.06. The maximum atomic E-state index is 3.18. The van der Waals surface area contributed by atoms with Crippen LogP contribution in [0.5, 0.6) is 0 Å². The summed E-state index contributed by atoms with van der Waals surface area (Å²) in [6, 6.07) is 4.61. The van der Waals surface area contributed by atoms with E-state index in [0.29, 0.717) is 6.04 Å². The van der Waals surface area contributed by atoms with Crippen LogP contribution in [0.25, 0.3) is 0 Å². The Labute approximate surface area is 61.9 Å². The van der Waals surface area contributed by atoms with Gasteiger partial charge in [0.15, 0.2) is 0 Å². The van der Waals surface area contributed by atoms with Gasteiger partial charge in [-0.25, -0.2) is 0 Å². The Kier molecular flexibility index (Phi) is 2.12. The molecule has 1 aromatic heterocycles. The smallest absolute Gasteiger partial charge is 0.0464 e. The molecule has 56 valence electrons. The Hall–Kier alpha value is -0.760. The van der Waals surface area contributed by atoms with Crippen molar-refractivity contribution in [2.45, 2.75) is 13.0 Å². The number of H-pyrrole nitrogens is 1. The van der Waals surface area contributed by atoms with Crippen molar-refractivity contribution in [2.75, 3.05) is 14.1 Å². The lowest BCUT2D eigenvalue weighted by molar-refractivity contribution is 0.316. The number of hydrogen-bond acceptors (Lipinski definition) is 1. The van der Waals surface area contributed by atoms with Gasteiger partial charge in [0.1, 0.15) is 0 Å². The van der Waals surface area contributed by atoms with Gasteiger partial charge in [-0.1, -0.05) is 0 Å². The summed E-state index contributed by atoms with van der Waals surface area (Å²) in [5, 5.41) is 0. The van der Waals surface area contributed by atoms with E-state index >= 15 is 0 Å². The van der Waals surface area contributed by atoms with Crippen LogP contribution in [0.15, 0.2) is 18.3 Å². The average Bonchev–Trinajstić information content (AvgIpc) is 2.36. The fourth-order valence-electron chi connectivity index (χ4n) is 0.882. The predicted molar refractivity (Wildman–Crippen MR) is 42.9 cm³/mol. The number of aromatic amines is 1. The molecule has 0 aliphatic carbocycles. The molecule has 0 saturated carbocycles. The lowest BCUT2D eigenvalue weighted by atomic mass is 10.2. The molecule has 1 heterocycles. The summed E-state index contributed by atoms with van der Waals surface area (Å²) in [5.74, 6) is 0. The Morgan fingerprint density at radius 3 is 2.60 bits per heavy atom. The maximum absolute atomic E-state index is 3.18. The second-order valence-electron chi connectivity index (χ2n) is 2.77. The molecular formula is C8H14N2. The highest BCUT2D eigenvalue weighted by Crippen LogP contribution is 2.13. The van der Waals surface area contributed by atoms with Gasteiger partial charge in [0, 0.05) is 17.9 Å². The van der Waals surface area contributed by atoms with E-state index in [9.17, 15) is 0 Å². The number of rotatable bonds is 2. The van der Waals surface area contributed by atoms with Crippen LogP contribution in [-0.4, -0.2) is 24.0 Å². The van der Waals surface area contributed by atoms with Crippen molar-refractivity contribution in [3.63, 3.8) is 0 Å². The van der Waals surface area contributed by atoms with Crippen molar-refractivity contribution in [1.82, 2.24) is 9.88 Å². The van der Waals surface area contributed by atoms with Gasteiger partial charge in [0.25, 0.3) is 0 Å². The zero-order valence-electron chi connectivity index (χ0n) is 6.76. The summed E-state index contributed by atoms with van der Waals surface area (Å²) in [4.78, 5) is 5.35. The van der Waals surface area contributed by atoms with Crippen LogP contribution in [0.4, 0.5) is 0 Å². The number of nitrogens with one attached hydrogen (secondary N) is 1. The number of nitrogens with zero attached hydrogens (tertiary/aromatic N) is 1. The molecule has 1 unspecified atom stereocenters. The van der Waals surface area contributed by atoms with Crippen molar-refractivity contribution in [3.8, 4) is 0 Å². The van der Waals surface area contributed by atoms with E-state index in [4.69, 9.17) is 0 Å². The molecule has 1 rings (SSSR count). The topological polar surface area (TPSA) is 19.0 Å². The molecule has 0 fully saturated rings. The zero-order chi connectivity index (χ0) is 7.56. The molecule has 0 aliphatic heterocycles. The quantitative estimate of drug-likeness (QED) is 0.658. The van der Waals surface area contributed by atoms with Gasteiger partial charge >= 0.3 is 0 Å². The lowest BCUT2D eigenvalue weighted by Gasteiger charge is -2.17. The first kappa shape index (κ1) is 7.35. The predicted octanol–water partition coefficient (Wildman–Crippen LogP) is 1.64. The second kappa shape index (κ2) is 2.88. The van der Waals surface area contributed by atoms with E-state index in [-0.39, 0.29) is 0 Å². The van der Waals surface area contributed by atoms with E-state index in [1.807, 2.05) is 12.3 Å². The number of hydrogen-bond donors (Lipinski definition) is 1. The molecule has 1 aromatic rings. The third kappa shape index (κ3) is 1.39. The molecule has 0 aliphatic rings. The van der Waals surface area contributed by atoms with Gasteiger partial charge in [0.05, 0.1) is 0 Å². The third-order valence-electron chi connectivity index (χ3n) is 1.85. The summed E-state index contributed by atoms with van der Waals surface area (Å²) in [5.41, 5.74) is 1.27. The molecule has 0 bridgehead atoms. The molecule has 1 N–H and O–H groups in total. The Balaban J connectivity index is 2.68. The Morgan fingerprint density at radius 1 is 1.50 bits per heavy atom. The summed E-state index contributed by atoms with van der Waals surface area (Å²) in [7, 11) is 4.15. The molecule has 0 amide bonds. The van der Waals surface area contributed by atoms with Crippen molar-refractivity contribution < 1.29 is 0 Å². The largest absolute Gasteiger partial charge is 0.364 e. The molecule has 0 aromatic carbocycles.